The van der Waals surface area contributed by atoms with Crippen molar-refractivity contribution in [1.82, 2.24) is 19.7 Å². The Morgan fingerprint density at radius 1 is 1.57 bits per heavy atom. The Morgan fingerprint density at radius 3 is 2.86 bits per heavy atom. The van der Waals surface area contributed by atoms with Gasteiger partial charge in [0.05, 0.1) is 10.8 Å². The Hall–Kier alpha value is -0.581. The first-order valence-electron chi connectivity index (χ1n) is 4.05. The summed E-state index contributed by atoms with van der Waals surface area (Å²) in [6, 6.07) is 0. The molecule has 0 N–H and O–H groups in total. The summed E-state index contributed by atoms with van der Waals surface area (Å²) in [4.78, 5) is 8.28. The molecule has 0 saturated heterocycles. The second-order valence-corrected chi connectivity index (χ2v) is 3.57. The van der Waals surface area contributed by atoms with E-state index in [4.69, 9.17) is 0 Å². The van der Waals surface area contributed by atoms with Crippen LogP contribution in [-0.2, 0) is 26.5 Å². The zero-order valence-electron chi connectivity index (χ0n) is 7.81. The minimum Gasteiger partial charge on any atom is -0.350 e. The van der Waals surface area contributed by atoms with E-state index in [2.05, 4.69) is 28.3 Å². The molecule has 77 valence electrons. The molecule has 2 aromatic heterocycles. The van der Waals surface area contributed by atoms with Crippen LogP contribution in [0.1, 0.15) is 17.8 Å². The van der Waals surface area contributed by atoms with Crippen molar-refractivity contribution in [2.45, 2.75) is 20.3 Å². The van der Waals surface area contributed by atoms with Crippen LogP contribution < -0.4 is 0 Å². The van der Waals surface area contributed by atoms with Gasteiger partial charge in [0.25, 0.3) is 0 Å². The van der Waals surface area contributed by atoms with Gasteiger partial charge in [-0.1, -0.05) is 6.92 Å². The molecule has 0 saturated carbocycles. The summed E-state index contributed by atoms with van der Waals surface area (Å²) in [6.07, 6.45) is 3.72. The molecule has 4 nitrogen and oxygen atoms in total. The van der Waals surface area contributed by atoms with Crippen LogP contribution in [0.15, 0.2) is 5.38 Å². The fourth-order valence-corrected chi connectivity index (χ4v) is 1.68. The van der Waals surface area contributed by atoms with Gasteiger partial charge in [0.15, 0.2) is 0 Å². The molecule has 14 heavy (non-hydrogen) atoms. The topological polar surface area (TPSA) is 43.6 Å². The number of hydrogen-bond acceptors (Lipinski definition) is 4. The molecule has 0 fully saturated rings. The standard InChI is InChI=1S/C8H9N4S.Ir/c1-3-8-10-7(4-13-8)12-5-9-6(2)11-12;/h4H,3H2,1-2H3;/q-1;. The van der Waals surface area contributed by atoms with Crippen LogP contribution in [0.25, 0.3) is 5.82 Å². The third-order valence-electron chi connectivity index (χ3n) is 1.61. The van der Waals surface area contributed by atoms with Gasteiger partial charge in [-0.2, -0.15) is 0 Å². The van der Waals surface area contributed by atoms with Crippen molar-refractivity contribution in [3.63, 3.8) is 0 Å². The Bertz CT molecular complexity index is 409. The SMILES string of the molecule is CCc1nc(-n2[c-]nc(C)n2)cs1.[Ir]. The second-order valence-electron chi connectivity index (χ2n) is 2.62. The van der Waals surface area contributed by atoms with Gasteiger partial charge < -0.3 is 9.67 Å². The molecule has 0 atom stereocenters. The van der Waals surface area contributed by atoms with E-state index in [-0.39, 0.29) is 20.1 Å². The van der Waals surface area contributed by atoms with Crippen molar-refractivity contribution in [3.05, 3.63) is 22.5 Å². The van der Waals surface area contributed by atoms with Crippen LogP contribution in [0, 0.1) is 13.3 Å². The molecule has 0 aliphatic heterocycles. The molecule has 0 aliphatic carbocycles. The summed E-state index contributed by atoms with van der Waals surface area (Å²) in [5.41, 5.74) is 0. The van der Waals surface area contributed by atoms with Crippen LogP contribution in [0.3, 0.4) is 0 Å². The number of nitrogens with zero attached hydrogens (tertiary/aromatic N) is 4. The van der Waals surface area contributed by atoms with Gasteiger partial charge in [-0.3, -0.25) is 4.98 Å². The smallest absolute Gasteiger partial charge is 0.0792 e. The normalized spacial score (nSPS) is 9.86. The van der Waals surface area contributed by atoms with Gasteiger partial charge in [-0.05, 0) is 18.7 Å². The van der Waals surface area contributed by atoms with E-state index in [1.165, 1.54) is 0 Å². The van der Waals surface area contributed by atoms with Gasteiger partial charge in [0, 0.05) is 32.3 Å². The molecule has 0 unspecified atom stereocenters. The molecule has 0 spiro atoms. The summed E-state index contributed by atoms with van der Waals surface area (Å²) >= 11 is 1.63. The predicted octanol–water partition coefficient (Wildman–Crippen LogP) is 1.39. The van der Waals surface area contributed by atoms with Gasteiger partial charge in [-0.15, -0.1) is 11.3 Å². The van der Waals surface area contributed by atoms with E-state index < -0.39 is 0 Å². The van der Waals surface area contributed by atoms with Crippen molar-refractivity contribution in [1.29, 1.82) is 0 Å². The van der Waals surface area contributed by atoms with Gasteiger partial charge in [0.1, 0.15) is 0 Å². The Kier molecular flexibility index (Phi) is 3.92. The maximum atomic E-state index is 4.36. The molecule has 2 rings (SSSR count). The quantitative estimate of drug-likeness (QED) is 0.734. The summed E-state index contributed by atoms with van der Waals surface area (Å²) in [5, 5.41) is 7.19. The van der Waals surface area contributed by atoms with E-state index in [1.54, 1.807) is 16.0 Å². The van der Waals surface area contributed by atoms with E-state index in [0.717, 1.165) is 17.2 Å². The Morgan fingerprint density at radius 2 is 2.36 bits per heavy atom. The maximum absolute atomic E-state index is 4.36. The van der Waals surface area contributed by atoms with Crippen LogP contribution in [0.2, 0.25) is 0 Å². The predicted molar refractivity (Wildman–Crippen MR) is 50.0 cm³/mol. The third-order valence-corrected chi connectivity index (χ3v) is 2.59. The summed E-state index contributed by atoms with van der Waals surface area (Å²) in [7, 11) is 0. The van der Waals surface area contributed by atoms with Gasteiger partial charge >= 0.3 is 0 Å². The van der Waals surface area contributed by atoms with E-state index in [0.29, 0.717) is 5.82 Å². The number of thiazole rings is 1. The molecule has 2 heterocycles. The number of aromatic nitrogens is 4. The number of hydrogen-bond donors (Lipinski definition) is 0. The Balaban J connectivity index is 0.000000980. The zero-order valence-corrected chi connectivity index (χ0v) is 11.0. The number of rotatable bonds is 2. The molecule has 1 radical (unpaired) electrons. The van der Waals surface area contributed by atoms with Crippen molar-refractivity contribution in [2.24, 2.45) is 0 Å². The molecule has 2 aromatic rings. The molecule has 0 amide bonds. The zero-order chi connectivity index (χ0) is 9.26. The van der Waals surface area contributed by atoms with Crippen molar-refractivity contribution in [2.75, 3.05) is 0 Å². The summed E-state index contributed by atoms with van der Waals surface area (Å²) in [6.45, 7) is 3.92. The first-order chi connectivity index (χ1) is 6.29. The fourth-order valence-electron chi connectivity index (χ4n) is 0.972. The van der Waals surface area contributed by atoms with E-state index in [9.17, 15) is 0 Å². The molecule has 6 heteroatoms. The monoisotopic (exact) mass is 386 g/mol. The van der Waals surface area contributed by atoms with Gasteiger partial charge in [0.2, 0.25) is 0 Å². The van der Waals surface area contributed by atoms with Crippen LogP contribution in [-0.4, -0.2) is 19.7 Å². The van der Waals surface area contributed by atoms with Crippen LogP contribution in [0.5, 0.6) is 0 Å². The summed E-state index contributed by atoms with van der Waals surface area (Å²) in [5.74, 6) is 1.52. The average Bonchev–Trinajstić information content (AvgIpc) is 2.71. The third kappa shape index (κ3) is 2.26. The van der Waals surface area contributed by atoms with Crippen LogP contribution >= 0.6 is 11.3 Å². The summed E-state index contributed by atoms with van der Waals surface area (Å²) < 4.78 is 1.57. The second kappa shape index (κ2) is 4.77. The molecular formula is C8H9IrN4S-. The number of aryl methyl sites for hydroxylation is 2. The van der Waals surface area contributed by atoms with E-state index >= 15 is 0 Å². The minimum atomic E-state index is 0. The van der Waals surface area contributed by atoms with Crippen molar-refractivity contribution in [3.8, 4) is 5.82 Å². The molecule has 0 aliphatic rings. The fraction of sp³-hybridized carbons (Fsp3) is 0.375. The maximum Gasteiger partial charge on any atom is 0.0792 e. The van der Waals surface area contributed by atoms with Crippen molar-refractivity contribution < 1.29 is 20.1 Å². The largest absolute Gasteiger partial charge is 0.350 e. The molecule has 0 bridgehead atoms. The average molecular weight is 385 g/mol. The van der Waals surface area contributed by atoms with Gasteiger partial charge in [-0.25, -0.2) is 5.10 Å². The molecular weight excluding hydrogens is 376 g/mol. The minimum absolute atomic E-state index is 0. The Labute approximate surface area is 99.7 Å². The molecule has 0 aromatic carbocycles. The van der Waals surface area contributed by atoms with E-state index in [1.807, 2.05) is 12.3 Å². The van der Waals surface area contributed by atoms with Crippen molar-refractivity contribution >= 4 is 11.3 Å². The first kappa shape index (κ1) is 11.5. The van der Waals surface area contributed by atoms with Crippen LogP contribution in [0.4, 0.5) is 0 Å². The first-order valence-corrected chi connectivity index (χ1v) is 4.93.